The Hall–Kier alpha value is -1.26. The van der Waals surface area contributed by atoms with Crippen molar-refractivity contribution in [2.45, 2.75) is 0 Å². The van der Waals surface area contributed by atoms with Crippen molar-refractivity contribution in [1.82, 2.24) is 9.97 Å². The van der Waals surface area contributed by atoms with Crippen LogP contribution in [0.5, 0.6) is 0 Å². The molecular weight excluding hydrogens is 223 g/mol. The molecule has 0 saturated heterocycles. The molecule has 0 fully saturated rings. The number of nitrogens with zero attached hydrogens (tertiary/aromatic N) is 2. The Labute approximate surface area is 89.8 Å². The van der Waals surface area contributed by atoms with Gasteiger partial charge in [0.25, 0.3) is 0 Å². The first-order valence-electron chi connectivity index (χ1n) is 3.75. The molecule has 0 amide bonds. The molecule has 1 aromatic heterocycles. The molecule has 0 atom stereocenters. The Morgan fingerprint density at radius 3 is 2.36 bits per heavy atom. The summed E-state index contributed by atoms with van der Waals surface area (Å²) in [6, 6.07) is 3.22. The Kier molecular flexibility index (Phi) is 2.09. The lowest BCUT2D eigenvalue weighted by Crippen LogP contribution is -2.00. The molecular formula is C8H6Cl2N4. The zero-order chi connectivity index (χ0) is 10.3. The van der Waals surface area contributed by atoms with Gasteiger partial charge in [-0.1, -0.05) is 23.2 Å². The van der Waals surface area contributed by atoms with E-state index in [1.54, 1.807) is 12.1 Å². The van der Waals surface area contributed by atoms with Crippen molar-refractivity contribution in [3.8, 4) is 0 Å². The number of nitrogens with two attached hydrogens (primary N) is 2. The van der Waals surface area contributed by atoms with E-state index in [2.05, 4.69) is 9.97 Å². The second-order valence-electron chi connectivity index (χ2n) is 2.75. The van der Waals surface area contributed by atoms with Crippen LogP contribution in [0.3, 0.4) is 0 Å². The molecule has 14 heavy (non-hydrogen) atoms. The molecule has 4 nitrogen and oxygen atoms in total. The number of nitrogen functional groups attached to an aromatic ring is 2. The fraction of sp³-hybridized carbons (Fsp3) is 0. The predicted octanol–water partition coefficient (Wildman–Crippen LogP) is 2.10. The molecule has 0 aliphatic rings. The zero-order valence-electron chi connectivity index (χ0n) is 6.96. The summed E-state index contributed by atoms with van der Waals surface area (Å²) in [7, 11) is 0. The van der Waals surface area contributed by atoms with Crippen molar-refractivity contribution in [3.05, 3.63) is 22.2 Å². The average molecular weight is 229 g/mol. The number of anilines is 2. The number of hydrogen-bond donors (Lipinski definition) is 2. The van der Waals surface area contributed by atoms with Gasteiger partial charge >= 0.3 is 0 Å². The second-order valence-corrected chi connectivity index (χ2v) is 3.56. The maximum atomic E-state index is 5.83. The van der Waals surface area contributed by atoms with E-state index in [0.717, 1.165) is 0 Å². The summed E-state index contributed by atoms with van der Waals surface area (Å²) < 4.78 is 0. The fourth-order valence-electron chi connectivity index (χ4n) is 1.17. The van der Waals surface area contributed by atoms with E-state index >= 15 is 0 Å². The van der Waals surface area contributed by atoms with Crippen LogP contribution in [0.15, 0.2) is 12.1 Å². The van der Waals surface area contributed by atoms with Crippen LogP contribution in [0.2, 0.25) is 10.0 Å². The van der Waals surface area contributed by atoms with Gasteiger partial charge in [-0.15, -0.1) is 0 Å². The lowest BCUT2D eigenvalue weighted by molar-refractivity contribution is 1.25. The Bertz CT molecular complexity index is 512. The molecule has 1 heterocycles. The lowest BCUT2D eigenvalue weighted by atomic mass is 10.2. The van der Waals surface area contributed by atoms with Crippen LogP contribution < -0.4 is 11.5 Å². The van der Waals surface area contributed by atoms with E-state index in [-0.39, 0.29) is 5.95 Å². The minimum absolute atomic E-state index is 0.119. The van der Waals surface area contributed by atoms with Crippen molar-refractivity contribution in [3.63, 3.8) is 0 Å². The quantitative estimate of drug-likeness (QED) is 0.725. The van der Waals surface area contributed by atoms with E-state index in [1.165, 1.54) is 0 Å². The molecule has 0 unspecified atom stereocenters. The summed E-state index contributed by atoms with van der Waals surface area (Å²) >= 11 is 11.6. The molecule has 6 heteroatoms. The normalized spacial score (nSPS) is 10.7. The van der Waals surface area contributed by atoms with Gasteiger partial charge in [0.1, 0.15) is 5.82 Å². The van der Waals surface area contributed by atoms with Crippen LogP contribution in [-0.4, -0.2) is 9.97 Å². The number of aromatic nitrogens is 2. The number of rotatable bonds is 0. The monoisotopic (exact) mass is 228 g/mol. The molecule has 2 rings (SSSR count). The third kappa shape index (κ3) is 1.42. The van der Waals surface area contributed by atoms with Crippen molar-refractivity contribution in [1.29, 1.82) is 0 Å². The fourth-order valence-corrected chi connectivity index (χ4v) is 1.49. The van der Waals surface area contributed by atoms with Gasteiger partial charge in [0.2, 0.25) is 5.95 Å². The number of hydrogen-bond acceptors (Lipinski definition) is 4. The third-order valence-corrected chi connectivity index (χ3v) is 2.51. The van der Waals surface area contributed by atoms with Crippen molar-refractivity contribution in [2.24, 2.45) is 0 Å². The molecule has 4 N–H and O–H groups in total. The summed E-state index contributed by atoms with van der Waals surface area (Å²) in [5.41, 5.74) is 11.7. The van der Waals surface area contributed by atoms with Crippen molar-refractivity contribution >= 4 is 45.9 Å². The number of halogens is 2. The Morgan fingerprint density at radius 1 is 1.00 bits per heavy atom. The van der Waals surface area contributed by atoms with Gasteiger partial charge in [0, 0.05) is 5.39 Å². The minimum atomic E-state index is 0.119. The van der Waals surface area contributed by atoms with Crippen LogP contribution in [0, 0.1) is 0 Å². The molecule has 0 saturated carbocycles. The standard InChI is InChI=1S/C8H6Cl2N4/c9-4-1-3-6(2-5(4)10)13-8(12)14-7(3)11/h1-2H,(H4,11,12,13,14). The van der Waals surface area contributed by atoms with Gasteiger partial charge in [-0.25, -0.2) is 4.98 Å². The van der Waals surface area contributed by atoms with Crippen LogP contribution >= 0.6 is 23.2 Å². The zero-order valence-corrected chi connectivity index (χ0v) is 8.47. The van der Waals surface area contributed by atoms with Gasteiger partial charge in [-0.3, -0.25) is 0 Å². The van der Waals surface area contributed by atoms with Gasteiger partial charge in [-0.2, -0.15) is 4.98 Å². The predicted molar refractivity (Wildman–Crippen MR) is 58.4 cm³/mol. The Balaban J connectivity index is 2.89. The first kappa shape index (κ1) is 9.30. The topological polar surface area (TPSA) is 77.8 Å². The van der Waals surface area contributed by atoms with E-state index in [1.807, 2.05) is 0 Å². The lowest BCUT2D eigenvalue weighted by Gasteiger charge is -2.03. The molecule has 0 radical (unpaired) electrons. The largest absolute Gasteiger partial charge is 0.383 e. The van der Waals surface area contributed by atoms with Crippen molar-refractivity contribution in [2.75, 3.05) is 11.5 Å². The average Bonchev–Trinajstić information content (AvgIpc) is 2.08. The molecule has 2 aromatic rings. The maximum Gasteiger partial charge on any atom is 0.222 e. The van der Waals surface area contributed by atoms with E-state index < -0.39 is 0 Å². The summed E-state index contributed by atoms with van der Waals surface area (Å²) in [4.78, 5) is 7.80. The summed E-state index contributed by atoms with van der Waals surface area (Å²) in [6.07, 6.45) is 0. The second kappa shape index (κ2) is 3.15. The smallest absolute Gasteiger partial charge is 0.222 e. The van der Waals surface area contributed by atoms with E-state index in [9.17, 15) is 0 Å². The molecule has 0 aliphatic heterocycles. The first-order chi connectivity index (χ1) is 6.58. The summed E-state index contributed by atoms with van der Waals surface area (Å²) in [5.74, 6) is 0.416. The van der Waals surface area contributed by atoms with Crippen LogP contribution in [0.1, 0.15) is 0 Å². The van der Waals surface area contributed by atoms with Gasteiger partial charge in [0.05, 0.1) is 15.6 Å². The first-order valence-corrected chi connectivity index (χ1v) is 4.51. The van der Waals surface area contributed by atoms with Gasteiger partial charge in [0.15, 0.2) is 0 Å². The van der Waals surface area contributed by atoms with Crippen molar-refractivity contribution < 1.29 is 0 Å². The van der Waals surface area contributed by atoms with Crippen LogP contribution in [0.4, 0.5) is 11.8 Å². The minimum Gasteiger partial charge on any atom is -0.383 e. The van der Waals surface area contributed by atoms with E-state index in [4.69, 9.17) is 34.7 Å². The molecule has 0 spiro atoms. The van der Waals surface area contributed by atoms with Crippen LogP contribution in [0.25, 0.3) is 10.9 Å². The highest BCUT2D eigenvalue weighted by Crippen LogP contribution is 2.29. The third-order valence-electron chi connectivity index (χ3n) is 1.78. The molecule has 0 aliphatic carbocycles. The number of fused-ring (bicyclic) bond motifs is 1. The SMILES string of the molecule is Nc1nc(N)c2cc(Cl)c(Cl)cc2n1. The molecule has 0 bridgehead atoms. The maximum absolute atomic E-state index is 5.83. The number of benzene rings is 1. The molecule has 72 valence electrons. The Morgan fingerprint density at radius 2 is 1.64 bits per heavy atom. The van der Waals surface area contributed by atoms with Gasteiger partial charge in [-0.05, 0) is 12.1 Å². The molecule has 1 aromatic carbocycles. The summed E-state index contributed by atoms with van der Waals surface area (Å²) in [6.45, 7) is 0. The van der Waals surface area contributed by atoms with Crippen LogP contribution in [-0.2, 0) is 0 Å². The van der Waals surface area contributed by atoms with E-state index in [0.29, 0.717) is 26.8 Å². The highest BCUT2D eigenvalue weighted by molar-refractivity contribution is 6.42. The summed E-state index contributed by atoms with van der Waals surface area (Å²) in [5, 5.41) is 1.48. The highest BCUT2D eigenvalue weighted by Gasteiger charge is 2.06. The van der Waals surface area contributed by atoms with Gasteiger partial charge < -0.3 is 11.5 Å². The highest BCUT2D eigenvalue weighted by atomic mass is 35.5.